The molecule has 0 atom stereocenters. The molecule has 2 aromatic rings. The van der Waals surface area contributed by atoms with Gasteiger partial charge in [0, 0.05) is 19.3 Å². The molecule has 0 spiro atoms. The molecule has 0 fully saturated rings. The van der Waals surface area contributed by atoms with Crippen LogP contribution in [-0.4, -0.2) is 22.7 Å². The summed E-state index contributed by atoms with van der Waals surface area (Å²) >= 11 is 0. The monoisotopic (exact) mass is 270 g/mol. The second kappa shape index (κ2) is 5.66. The highest BCUT2D eigenvalue weighted by Crippen LogP contribution is 2.28. The fourth-order valence-corrected chi connectivity index (χ4v) is 2.00. The Bertz CT molecular complexity index is 616. The van der Waals surface area contributed by atoms with Gasteiger partial charge in [-0.05, 0) is 29.8 Å². The smallest absolute Gasteiger partial charge is 0.262 e. The quantitative estimate of drug-likeness (QED) is 0.870. The number of hydrogen-bond donors (Lipinski definition) is 2. The molecule has 3 rings (SSSR count). The van der Waals surface area contributed by atoms with E-state index < -0.39 is 0 Å². The molecule has 6 nitrogen and oxygen atoms in total. The maximum Gasteiger partial charge on any atom is 0.262 e. The normalized spacial score (nSPS) is 13.3. The third-order valence-electron chi connectivity index (χ3n) is 2.94. The zero-order valence-corrected chi connectivity index (χ0v) is 10.8. The Morgan fingerprint density at radius 1 is 1.30 bits per heavy atom. The van der Waals surface area contributed by atoms with Crippen molar-refractivity contribution in [3.63, 3.8) is 0 Å². The van der Waals surface area contributed by atoms with Crippen molar-refractivity contribution >= 4 is 11.6 Å². The van der Waals surface area contributed by atoms with E-state index in [1.807, 2.05) is 30.3 Å². The molecule has 1 aromatic heterocycles. The summed E-state index contributed by atoms with van der Waals surface area (Å²) in [6.07, 6.45) is 1.65. The molecule has 0 bridgehead atoms. The molecule has 1 aliphatic rings. The summed E-state index contributed by atoms with van der Waals surface area (Å²) in [5.74, 6) is 0.587. The number of carbonyl (C=O) groups excluding carboxylic acids is 1. The van der Waals surface area contributed by atoms with Gasteiger partial charge in [-0.3, -0.25) is 4.79 Å². The highest BCUT2D eigenvalue weighted by Gasteiger charge is 2.15. The van der Waals surface area contributed by atoms with Crippen molar-refractivity contribution in [2.24, 2.45) is 0 Å². The van der Waals surface area contributed by atoms with Crippen molar-refractivity contribution in [1.82, 2.24) is 15.5 Å². The molecule has 0 saturated carbocycles. The van der Waals surface area contributed by atoms with Crippen LogP contribution < -0.4 is 15.4 Å². The Balaban J connectivity index is 1.61. The van der Waals surface area contributed by atoms with E-state index >= 15 is 0 Å². The van der Waals surface area contributed by atoms with Crippen molar-refractivity contribution in [2.75, 3.05) is 11.9 Å². The van der Waals surface area contributed by atoms with E-state index in [-0.39, 0.29) is 12.5 Å². The molecule has 20 heavy (non-hydrogen) atoms. The Morgan fingerprint density at radius 3 is 3.10 bits per heavy atom. The Hall–Kier alpha value is -2.47. The van der Waals surface area contributed by atoms with E-state index in [2.05, 4.69) is 20.8 Å². The number of nitrogens with one attached hydrogen (secondary N) is 2. The number of amides is 1. The van der Waals surface area contributed by atoms with Gasteiger partial charge in [-0.1, -0.05) is 6.07 Å². The molecular weight excluding hydrogens is 256 g/mol. The summed E-state index contributed by atoms with van der Waals surface area (Å²) in [4.78, 5) is 11.3. The van der Waals surface area contributed by atoms with Gasteiger partial charge in [-0.2, -0.15) is 10.2 Å². The summed E-state index contributed by atoms with van der Waals surface area (Å²) in [7, 11) is 0. The molecular formula is C14H14N4O2. The lowest BCUT2D eigenvalue weighted by molar-refractivity contribution is -0.118. The Morgan fingerprint density at radius 2 is 2.25 bits per heavy atom. The number of ether oxygens (including phenoxy) is 1. The first-order valence-electron chi connectivity index (χ1n) is 6.34. The standard InChI is InChI=1S/C14H14N4O2/c19-14-9-20-13-4-3-10(6-12(13)17-14)7-15-8-11-2-1-5-16-18-11/h1-6,15H,7-9H2,(H,17,19). The van der Waals surface area contributed by atoms with Crippen molar-refractivity contribution in [3.05, 3.63) is 47.8 Å². The first kappa shape index (κ1) is 12.6. The molecule has 1 amide bonds. The largest absolute Gasteiger partial charge is 0.482 e. The van der Waals surface area contributed by atoms with Crippen molar-refractivity contribution in [1.29, 1.82) is 0 Å². The van der Waals surface area contributed by atoms with Crippen molar-refractivity contribution < 1.29 is 9.53 Å². The molecule has 1 aliphatic heterocycles. The lowest BCUT2D eigenvalue weighted by Gasteiger charge is -2.18. The van der Waals surface area contributed by atoms with E-state index in [0.29, 0.717) is 18.8 Å². The van der Waals surface area contributed by atoms with Gasteiger partial charge < -0.3 is 15.4 Å². The third kappa shape index (κ3) is 2.92. The Kier molecular flexibility index (Phi) is 3.56. The zero-order valence-electron chi connectivity index (χ0n) is 10.8. The summed E-state index contributed by atoms with van der Waals surface area (Å²) in [6, 6.07) is 9.53. The van der Waals surface area contributed by atoms with Crippen LogP contribution in [0.25, 0.3) is 0 Å². The number of carbonyl (C=O) groups is 1. The van der Waals surface area contributed by atoms with Crippen LogP contribution in [0.5, 0.6) is 5.75 Å². The number of fused-ring (bicyclic) bond motifs is 1. The zero-order chi connectivity index (χ0) is 13.8. The van der Waals surface area contributed by atoms with Gasteiger partial charge in [-0.15, -0.1) is 0 Å². The van der Waals surface area contributed by atoms with E-state index in [0.717, 1.165) is 16.9 Å². The highest BCUT2D eigenvalue weighted by atomic mass is 16.5. The van der Waals surface area contributed by atoms with Gasteiger partial charge in [0.2, 0.25) is 0 Å². The van der Waals surface area contributed by atoms with E-state index in [1.165, 1.54) is 0 Å². The van der Waals surface area contributed by atoms with Crippen LogP contribution in [0, 0.1) is 0 Å². The third-order valence-corrected chi connectivity index (χ3v) is 2.94. The average molecular weight is 270 g/mol. The summed E-state index contributed by atoms with van der Waals surface area (Å²) in [5.41, 5.74) is 2.68. The number of nitrogens with zero attached hydrogens (tertiary/aromatic N) is 2. The molecule has 102 valence electrons. The molecule has 0 saturated heterocycles. The lowest BCUT2D eigenvalue weighted by atomic mass is 10.1. The predicted octanol–water partition coefficient (Wildman–Crippen LogP) is 1.10. The van der Waals surface area contributed by atoms with Crippen LogP contribution >= 0.6 is 0 Å². The maximum atomic E-state index is 11.3. The van der Waals surface area contributed by atoms with Crippen LogP contribution in [-0.2, 0) is 17.9 Å². The van der Waals surface area contributed by atoms with Crippen LogP contribution in [0.3, 0.4) is 0 Å². The van der Waals surface area contributed by atoms with Gasteiger partial charge in [0.15, 0.2) is 6.61 Å². The van der Waals surface area contributed by atoms with Crippen LogP contribution in [0.4, 0.5) is 5.69 Å². The van der Waals surface area contributed by atoms with Crippen molar-refractivity contribution in [2.45, 2.75) is 13.1 Å². The number of anilines is 1. The fourth-order valence-electron chi connectivity index (χ4n) is 2.00. The van der Waals surface area contributed by atoms with E-state index in [9.17, 15) is 4.79 Å². The first-order chi connectivity index (χ1) is 9.81. The average Bonchev–Trinajstić information content (AvgIpc) is 2.48. The van der Waals surface area contributed by atoms with Gasteiger partial charge in [0.05, 0.1) is 11.4 Å². The SMILES string of the molecule is O=C1COc2ccc(CNCc3cccnn3)cc2N1. The second-order valence-corrected chi connectivity index (χ2v) is 4.49. The van der Waals surface area contributed by atoms with Gasteiger partial charge in [0.1, 0.15) is 5.75 Å². The van der Waals surface area contributed by atoms with E-state index in [1.54, 1.807) is 6.20 Å². The molecule has 0 aliphatic carbocycles. The number of aromatic nitrogens is 2. The number of benzene rings is 1. The topological polar surface area (TPSA) is 76.1 Å². The first-order valence-corrected chi connectivity index (χ1v) is 6.34. The molecule has 6 heteroatoms. The summed E-state index contributed by atoms with van der Waals surface area (Å²) in [5, 5.41) is 13.9. The van der Waals surface area contributed by atoms with Crippen LogP contribution in [0.1, 0.15) is 11.3 Å². The van der Waals surface area contributed by atoms with Crippen LogP contribution in [0.15, 0.2) is 36.5 Å². The second-order valence-electron chi connectivity index (χ2n) is 4.49. The van der Waals surface area contributed by atoms with Gasteiger partial charge in [0.25, 0.3) is 5.91 Å². The summed E-state index contributed by atoms with van der Waals surface area (Å²) in [6.45, 7) is 1.41. The van der Waals surface area contributed by atoms with Gasteiger partial charge in [-0.25, -0.2) is 0 Å². The van der Waals surface area contributed by atoms with Crippen molar-refractivity contribution in [3.8, 4) is 5.75 Å². The maximum absolute atomic E-state index is 11.3. The number of hydrogen-bond acceptors (Lipinski definition) is 5. The predicted molar refractivity (Wildman–Crippen MR) is 73.1 cm³/mol. The molecule has 2 N–H and O–H groups in total. The molecule has 0 unspecified atom stereocenters. The van der Waals surface area contributed by atoms with Crippen LogP contribution in [0.2, 0.25) is 0 Å². The minimum absolute atomic E-state index is 0.0806. The molecule has 1 aromatic carbocycles. The Labute approximate surface area is 116 Å². The number of rotatable bonds is 4. The minimum Gasteiger partial charge on any atom is -0.482 e. The van der Waals surface area contributed by atoms with E-state index in [4.69, 9.17) is 4.74 Å². The fraction of sp³-hybridized carbons (Fsp3) is 0.214. The minimum atomic E-state index is -0.123. The van der Waals surface area contributed by atoms with Gasteiger partial charge >= 0.3 is 0 Å². The highest BCUT2D eigenvalue weighted by molar-refractivity contribution is 5.95. The molecule has 0 radical (unpaired) electrons. The molecule has 2 heterocycles. The lowest BCUT2D eigenvalue weighted by Crippen LogP contribution is -2.25. The summed E-state index contributed by atoms with van der Waals surface area (Å²) < 4.78 is 5.31.